The summed E-state index contributed by atoms with van der Waals surface area (Å²) in [7, 11) is 0. The average molecular weight is 390 g/mol. The fourth-order valence-electron chi connectivity index (χ4n) is 3.10. The lowest BCUT2D eigenvalue weighted by molar-refractivity contribution is -0.117. The van der Waals surface area contributed by atoms with Crippen LogP contribution in [0.5, 0.6) is 0 Å². The van der Waals surface area contributed by atoms with Crippen LogP contribution in [0.3, 0.4) is 0 Å². The van der Waals surface area contributed by atoms with Crippen LogP contribution >= 0.6 is 11.6 Å². The van der Waals surface area contributed by atoms with Gasteiger partial charge in [-0.2, -0.15) is 0 Å². The summed E-state index contributed by atoms with van der Waals surface area (Å²) in [6, 6.07) is 13.3. The van der Waals surface area contributed by atoms with Gasteiger partial charge in [-0.05, 0) is 43.2 Å². The highest BCUT2D eigenvalue weighted by molar-refractivity contribution is 6.30. The van der Waals surface area contributed by atoms with Crippen LogP contribution in [0, 0.1) is 5.82 Å². The second kappa shape index (κ2) is 8.97. The molecule has 1 heterocycles. The van der Waals surface area contributed by atoms with E-state index >= 15 is 0 Å². The Balaban J connectivity index is 1.44. The van der Waals surface area contributed by atoms with Crippen LogP contribution in [-0.4, -0.2) is 42.4 Å². The molecule has 3 rings (SSSR count). The quantitative estimate of drug-likeness (QED) is 0.824. The van der Waals surface area contributed by atoms with Gasteiger partial charge in [0.05, 0.1) is 12.1 Å². The summed E-state index contributed by atoms with van der Waals surface area (Å²) in [5, 5.41) is 5.98. The second-order valence-electron chi connectivity index (χ2n) is 6.56. The van der Waals surface area contributed by atoms with Crippen molar-refractivity contribution in [2.24, 2.45) is 0 Å². The fraction of sp³-hybridized carbons (Fsp3) is 0.300. The monoisotopic (exact) mass is 389 g/mol. The van der Waals surface area contributed by atoms with Crippen LogP contribution in [0.1, 0.15) is 23.2 Å². The van der Waals surface area contributed by atoms with Crippen molar-refractivity contribution in [2.75, 3.05) is 25.0 Å². The predicted molar refractivity (Wildman–Crippen MR) is 103 cm³/mol. The SMILES string of the molecule is O=C(CN1CCC(NC(=O)c2ccc(Cl)cc2F)CC1)Nc1ccccc1. The summed E-state index contributed by atoms with van der Waals surface area (Å²) in [5.74, 6) is -1.13. The third-order valence-electron chi connectivity index (χ3n) is 4.52. The highest BCUT2D eigenvalue weighted by Gasteiger charge is 2.23. The van der Waals surface area contributed by atoms with E-state index in [4.69, 9.17) is 11.6 Å². The molecule has 1 aliphatic heterocycles. The van der Waals surface area contributed by atoms with E-state index in [1.807, 2.05) is 35.2 Å². The Kier molecular flexibility index (Phi) is 6.42. The number of nitrogens with zero attached hydrogens (tertiary/aromatic N) is 1. The third-order valence-corrected chi connectivity index (χ3v) is 4.76. The van der Waals surface area contributed by atoms with Crippen molar-refractivity contribution in [2.45, 2.75) is 18.9 Å². The van der Waals surface area contributed by atoms with Crippen LogP contribution in [0.25, 0.3) is 0 Å². The number of carbonyl (C=O) groups excluding carboxylic acids is 2. The maximum Gasteiger partial charge on any atom is 0.254 e. The Morgan fingerprint density at radius 3 is 2.48 bits per heavy atom. The summed E-state index contributed by atoms with van der Waals surface area (Å²) in [6.45, 7) is 1.69. The summed E-state index contributed by atoms with van der Waals surface area (Å²) in [6.07, 6.45) is 1.42. The number of hydrogen-bond donors (Lipinski definition) is 2. The second-order valence-corrected chi connectivity index (χ2v) is 7.00. The molecule has 1 aliphatic rings. The number of likely N-dealkylation sites (tertiary alicyclic amines) is 1. The number of carbonyl (C=O) groups is 2. The lowest BCUT2D eigenvalue weighted by Crippen LogP contribution is -2.46. The van der Waals surface area contributed by atoms with Crippen LogP contribution in [0.15, 0.2) is 48.5 Å². The first-order valence-electron chi connectivity index (χ1n) is 8.84. The van der Waals surface area contributed by atoms with E-state index in [-0.39, 0.29) is 22.5 Å². The van der Waals surface area contributed by atoms with Crippen molar-refractivity contribution in [3.05, 3.63) is 64.9 Å². The molecule has 2 aromatic rings. The molecule has 1 fully saturated rings. The molecule has 0 aromatic heterocycles. The van der Waals surface area contributed by atoms with Crippen LogP contribution in [0.2, 0.25) is 5.02 Å². The molecule has 2 N–H and O–H groups in total. The van der Waals surface area contributed by atoms with Crippen LogP contribution in [-0.2, 0) is 4.79 Å². The molecule has 0 radical (unpaired) electrons. The van der Waals surface area contributed by atoms with Gasteiger partial charge in [0.25, 0.3) is 5.91 Å². The molecule has 0 unspecified atom stereocenters. The van der Waals surface area contributed by atoms with Crippen LogP contribution in [0.4, 0.5) is 10.1 Å². The first-order valence-corrected chi connectivity index (χ1v) is 9.22. The first kappa shape index (κ1) is 19.3. The molecule has 0 atom stereocenters. The normalized spacial score (nSPS) is 15.3. The molecule has 5 nitrogen and oxygen atoms in total. The van der Waals surface area contributed by atoms with E-state index in [1.165, 1.54) is 12.1 Å². The van der Waals surface area contributed by atoms with Crippen molar-refractivity contribution in [1.29, 1.82) is 0 Å². The molecular formula is C20H21ClFN3O2. The van der Waals surface area contributed by atoms with E-state index in [1.54, 1.807) is 0 Å². The molecule has 2 aromatic carbocycles. The Labute approximate surface area is 162 Å². The van der Waals surface area contributed by atoms with Gasteiger partial charge >= 0.3 is 0 Å². The molecule has 142 valence electrons. The summed E-state index contributed by atoms with van der Waals surface area (Å²) in [5.41, 5.74) is 0.763. The molecule has 0 spiro atoms. The van der Waals surface area contributed by atoms with E-state index in [2.05, 4.69) is 10.6 Å². The van der Waals surface area contributed by atoms with Crippen molar-refractivity contribution < 1.29 is 14.0 Å². The highest BCUT2D eigenvalue weighted by atomic mass is 35.5. The minimum atomic E-state index is -0.630. The minimum absolute atomic E-state index is 0.0101. The van der Waals surface area contributed by atoms with Gasteiger partial charge in [0, 0.05) is 29.8 Å². The number of nitrogens with one attached hydrogen (secondary N) is 2. The molecule has 7 heteroatoms. The molecule has 1 saturated heterocycles. The number of benzene rings is 2. The largest absolute Gasteiger partial charge is 0.349 e. The predicted octanol–water partition coefficient (Wildman–Crippen LogP) is 3.31. The number of anilines is 1. The highest BCUT2D eigenvalue weighted by Crippen LogP contribution is 2.16. The van der Waals surface area contributed by atoms with E-state index in [0.717, 1.165) is 11.8 Å². The van der Waals surface area contributed by atoms with E-state index in [0.29, 0.717) is 32.5 Å². The molecule has 2 amide bonds. The zero-order chi connectivity index (χ0) is 19.2. The van der Waals surface area contributed by atoms with Gasteiger partial charge in [-0.3, -0.25) is 14.5 Å². The number of hydrogen-bond acceptors (Lipinski definition) is 3. The lowest BCUT2D eigenvalue weighted by atomic mass is 10.0. The zero-order valence-electron chi connectivity index (χ0n) is 14.8. The van der Waals surface area contributed by atoms with Gasteiger partial charge in [-0.15, -0.1) is 0 Å². The molecule has 27 heavy (non-hydrogen) atoms. The zero-order valence-corrected chi connectivity index (χ0v) is 15.5. The van der Waals surface area contributed by atoms with Crippen LogP contribution < -0.4 is 10.6 Å². The lowest BCUT2D eigenvalue weighted by Gasteiger charge is -2.31. The summed E-state index contributed by atoms with van der Waals surface area (Å²) < 4.78 is 13.8. The minimum Gasteiger partial charge on any atom is -0.349 e. The average Bonchev–Trinajstić information content (AvgIpc) is 2.64. The molecule has 0 saturated carbocycles. The fourth-order valence-corrected chi connectivity index (χ4v) is 3.26. The number of rotatable bonds is 5. The number of para-hydroxylation sites is 1. The molecule has 0 bridgehead atoms. The van der Waals surface area contributed by atoms with E-state index in [9.17, 15) is 14.0 Å². The third kappa shape index (κ3) is 5.52. The molecular weight excluding hydrogens is 369 g/mol. The first-order chi connectivity index (χ1) is 13.0. The summed E-state index contributed by atoms with van der Waals surface area (Å²) >= 11 is 5.71. The number of piperidine rings is 1. The van der Waals surface area contributed by atoms with E-state index < -0.39 is 11.7 Å². The number of halogens is 2. The molecule has 0 aliphatic carbocycles. The van der Waals surface area contributed by atoms with Gasteiger partial charge < -0.3 is 10.6 Å². The van der Waals surface area contributed by atoms with Crippen molar-refractivity contribution in [3.63, 3.8) is 0 Å². The Morgan fingerprint density at radius 1 is 1.11 bits per heavy atom. The Hall–Kier alpha value is -2.44. The topological polar surface area (TPSA) is 61.4 Å². The smallest absolute Gasteiger partial charge is 0.254 e. The summed E-state index contributed by atoms with van der Waals surface area (Å²) in [4.78, 5) is 26.4. The Morgan fingerprint density at radius 2 is 1.81 bits per heavy atom. The Bertz CT molecular complexity index is 808. The number of amides is 2. The van der Waals surface area contributed by atoms with Crippen molar-refractivity contribution in [3.8, 4) is 0 Å². The standard InChI is InChI=1S/C20H21ClFN3O2/c21-14-6-7-17(18(22)12-14)20(27)24-16-8-10-25(11-9-16)13-19(26)23-15-4-2-1-3-5-15/h1-7,12,16H,8-11,13H2,(H,23,26)(H,24,27). The van der Waals surface area contributed by atoms with Crippen molar-refractivity contribution >= 4 is 29.1 Å². The van der Waals surface area contributed by atoms with Gasteiger partial charge in [-0.25, -0.2) is 4.39 Å². The van der Waals surface area contributed by atoms with Gasteiger partial charge in [-0.1, -0.05) is 29.8 Å². The maximum absolute atomic E-state index is 13.8. The maximum atomic E-state index is 13.8. The van der Waals surface area contributed by atoms with Crippen molar-refractivity contribution in [1.82, 2.24) is 10.2 Å². The van der Waals surface area contributed by atoms with Gasteiger partial charge in [0.15, 0.2) is 0 Å². The van der Waals surface area contributed by atoms with Gasteiger partial charge in [0.2, 0.25) is 5.91 Å². The van der Waals surface area contributed by atoms with Gasteiger partial charge in [0.1, 0.15) is 5.82 Å².